The number of rotatable bonds is 5. The van der Waals surface area contributed by atoms with E-state index in [2.05, 4.69) is 15.2 Å². The van der Waals surface area contributed by atoms with E-state index in [4.69, 9.17) is 4.42 Å². The maximum Gasteiger partial charge on any atom is 0.433 e. The van der Waals surface area contributed by atoms with E-state index >= 15 is 0 Å². The Balaban J connectivity index is 1.89. The summed E-state index contributed by atoms with van der Waals surface area (Å²) in [5.74, 6) is 0.668. The molecule has 0 amide bonds. The van der Waals surface area contributed by atoms with Gasteiger partial charge in [0.25, 0.3) is 0 Å². The van der Waals surface area contributed by atoms with Crippen molar-refractivity contribution in [1.82, 2.24) is 14.8 Å². The van der Waals surface area contributed by atoms with E-state index in [0.29, 0.717) is 22.8 Å². The summed E-state index contributed by atoms with van der Waals surface area (Å²) in [7, 11) is 3.52. The van der Waals surface area contributed by atoms with Crippen LogP contribution in [0.25, 0.3) is 11.5 Å². The molecule has 0 aliphatic rings. The zero-order valence-electron chi connectivity index (χ0n) is 13.0. The Bertz CT molecular complexity index is 884. The van der Waals surface area contributed by atoms with Crippen LogP contribution < -0.4 is 5.01 Å². The van der Waals surface area contributed by atoms with Crippen LogP contribution >= 0.6 is 0 Å². The molecule has 0 atom stereocenters. The van der Waals surface area contributed by atoms with Gasteiger partial charge < -0.3 is 4.42 Å². The van der Waals surface area contributed by atoms with Gasteiger partial charge in [-0.05, 0) is 18.2 Å². The van der Waals surface area contributed by atoms with E-state index in [1.165, 1.54) is 12.1 Å². The van der Waals surface area contributed by atoms with Crippen molar-refractivity contribution in [3.05, 3.63) is 58.4 Å². The summed E-state index contributed by atoms with van der Waals surface area (Å²) in [6.07, 6.45) is 5.03. The van der Waals surface area contributed by atoms with Crippen LogP contribution in [-0.4, -0.2) is 33.0 Å². The van der Waals surface area contributed by atoms with Crippen molar-refractivity contribution in [2.45, 2.75) is 0 Å². The lowest BCUT2D eigenvalue weighted by atomic mass is 10.2. The van der Waals surface area contributed by atoms with Crippen LogP contribution in [0.4, 0.5) is 11.7 Å². The van der Waals surface area contributed by atoms with Gasteiger partial charge >= 0.3 is 5.88 Å². The molecule has 0 radical (unpaired) electrons. The molecule has 0 spiro atoms. The Morgan fingerprint density at radius 1 is 1.38 bits per heavy atom. The number of aryl methyl sites for hydroxylation is 1. The Hall–Kier alpha value is -3.49. The van der Waals surface area contributed by atoms with Gasteiger partial charge in [0, 0.05) is 32.1 Å². The molecule has 0 saturated carbocycles. The van der Waals surface area contributed by atoms with Gasteiger partial charge in [-0.1, -0.05) is 6.07 Å². The highest BCUT2D eigenvalue weighted by atomic mass is 16.6. The molecule has 0 aliphatic carbocycles. The Morgan fingerprint density at radius 2 is 2.21 bits per heavy atom. The summed E-state index contributed by atoms with van der Waals surface area (Å²) in [6, 6.07) is 8.33. The monoisotopic (exact) mass is 326 g/mol. The molecule has 9 nitrogen and oxygen atoms in total. The minimum absolute atomic E-state index is 0.309. The van der Waals surface area contributed by atoms with Crippen molar-refractivity contribution in [2.24, 2.45) is 12.1 Å². The van der Waals surface area contributed by atoms with Gasteiger partial charge in [-0.25, -0.2) is 4.98 Å². The smallest absolute Gasteiger partial charge is 0.399 e. The molecular weight excluding hydrogens is 312 g/mol. The quantitative estimate of drug-likeness (QED) is 0.405. The van der Waals surface area contributed by atoms with E-state index in [1.54, 1.807) is 42.4 Å². The van der Waals surface area contributed by atoms with Crippen LogP contribution in [0, 0.1) is 10.1 Å². The third-order valence-corrected chi connectivity index (χ3v) is 3.21. The lowest BCUT2D eigenvalue weighted by Gasteiger charge is -2.10. The maximum absolute atomic E-state index is 10.8. The first-order valence-corrected chi connectivity index (χ1v) is 7.01. The molecule has 9 heteroatoms. The first-order valence-electron chi connectivity index (χ1n) is 7.01. The largest absolute Gasteiger partial charge is 0.433 e. The van der Waals surface area contributed by atoms with Gasteiger partial charge in [0.05, 0.1) is 12.3 Å². The highest BCUT2D eigenvalue weighted by molar-refractivity contribution is 5.88. The third-order valence-electron chi connectivity index (χ3n) is 3.21. The molecule has 3 aromatic heterocycles. The van der Waals surface area contributed by atoms with Gasteiger partial charge in [0.1, 0.15) is 16.4 Å². The number of nitro groups is 1. The lowest BCUT2D eigenvalue weighted by Crippen LogP contribution is -2.10. The van der Waals surface area contributed by atoms with E-state index in [-0.39, 0.29) is 5.88 Å². The van der Waals surface area contributed by atoms with Gasteiger partial charge in [-0.3, -0.25) is 19.8 Å². The molecule has 0 saturated heterocycles. The summed E-state index contributed by atoms with van der Waals surface area (Å²) >= 11 is 0. The second kappa shape index (κ2) is 6.32. The molecular formula is C15H14N6O3. The van der Waals surface area contributed by atoms with Gasteiger partial charge in [0.15, 0.2) is 5.76 Å². The van der Waals surface area contributed by atoms with Crippen LogP contribution in [0.15, 0.2) is 52.2 Å². The number of nitrogens with zero attached hydrogens (tertiary/aromatic N) is 6. The highest BCUT2D eigenvalue weighted by Crippen LogP contribution is 2.26. The fraction of sp³-hybridized carbons (Fsp3) is 0.133. The normalized spacial score (nSPS) is 11.1. The topological polar surface area (TPSA) is 103 Å². The number of anilines is 1. The van der Waals surface area contributed by atoms with Gasteiger partial charge in [-0.15, -0.1) is 0 Å². The standard InChI is InChI=1S/C15H14N6O3/c1-19-10-11(9-17-20(2)13-5-3-4-8-16-13)15(18-19)12-6-7-14(24-12)21(22)23/h3-10H,1-2H3. The van der Waals surface area contributed by atoms with Crippen molar-refractivity contribution in [2.75, 3.05) is 12.1 Å². The van der Waals surface area contributed by atoms with Crippen LogP contribution in [0.3, 0.4) is 0 Å². The molecule has 0 bridgehead atoms. The van der Waals surface area contributed by atoms with Crippen molar-refractivity contribution >= 4 is 17.9 Å². The summed E-state index contributed by atoms with van der Waals surface area (Å²) in [4.78, 5) is 14.4. The van der Waals surface area contributed by atoms with Crippen molar-refractivity contribution < 1.29 is 9.34 Å². The summed E-state index contributed by atoms with van der Waals surface area (Å²) in [5, 5.41) is 21.0. The zero-order valence-corrected chi connectivity index (χ0v) is 13.0. The molecule has 0 aromatic carbocycles. The first kappa shape index (κ1) is 15.4. The van der Waals surface area contributed by atoms with Crippen LogP contribution in [0.1, 0.15) is 5.56 Å². The molecule has 0 unspecified atom stereocenters. The fourth-order valence-electron chi connectivity index (χ4n) is 2.10. The molecule has 122 valence electrons. The SMILES string of the molecule is CN(N=Cc1cn(C)nc1-c1ccc([N+](=O)[O-])o1)c1ccccn1. The van der Waals surface area contributed by atoms with Gasteiger partial charge in [-0.2, -0.15) is 10.2 Å². The average Bonchev–Trinajstić information content (AvgIpc) is 3.20. The lowest BCUT2D eigenvalue weighted by molar-refractivity contribution is -0.401. The Kier molecular flexibility index (Phi) is 4.06. The summed E-state index contributed by atoms with van der Waals surface area (Å²) in [5.41, 5.74) is 1.15. The maximum atomic E-state index is 10.8. The number of hydrogen-bond acceptors (Lipinski definition) is 7. The third kappa shape index (κ3) is 3.14. The van der Waals surface area contributed by atoms with E-state index in [9.17, 15) is 10.1 Å². The molecule has 3 heterocycles. The second-order valence-corrected chi connectivity index (χ2v) is 4.96. The number of aromatic nitrogens is 3. The summed E-state index contributed by atoms with van der Waals surface area (Å²) in [6.45, 7) is 0. The van der Waals surface area contributed by atoms with E-state index < -0.39 is 4.92 Å². The molecule has 24 heavy (non-hydrogen) atoms. The van der Waals surface area contributed by atoms with Crippen molar-refractivity contribution in [3.8, 4) is 11.5 Å². The minimum Gasteiger partial charge on any atom is -0.399 e. The minimum atomic E-state index is -0.588. The highest BCUT2D eigenvalue weighted by Gasteiger charge is 2.17. The first-order chi connectivity index (χ1) is 11.5. The summed E-state index contributed by atoms with van der Waals surface area (Å²) < 4.78 is 6.80. The van der Waals surface area contributed by atoms with Crippen LogP contribution in [0.5, 0.6) is 0 Å². The van der Waals surface area contributed by atoms with Gasteiger partial charge in [0.2, 0.25) is 0 Å². The Labute approximate surface area is 137 Å². The second-order valence-electron chi connectivity index (χ2n) is 4.96. The number of hydrogen-bond donors (Lipinski definition) is 0. The van der Waals surface area contributed by atoms with Crippen molar-refractivity contribution in [1.29, 1.82) is 0 Å². The number of hydrazone groups is 1. The predicted octanol–water partition coefficient (Wildman–Crippen LogP) is 2.45. The van der Waals surface area contributed by atoms with E-state index in [0.717, 1.165) is 0 Å². The van der Waals surface area contributed by atoms with Crippen LogP contribution in [0.2, 0.25) is 0 Å². The molecule has 0 aliphatic heterocycles. The number of pyridine rings is 1. The fourth-order valence-corrected chi connectivity index (χ4v) is 2.10. The molecule has 3 aromatic rings. The molecule has 0 N–H and O–H groups in total. The zero-order chi connectivity index (χ0) is 17.1. The Morgan fingerprint density at radius 3 is 2.88 bits per heavy atom. The molecule has 3 rings (SSSR count). The van der Waals surface area contributed by atoms with Crippen LogP contribution in [-0.2, 0) is 7.05 Å². The number of furan rings is 1. The predicted molar refractivity (Wildman–Crippen MR) is 87.8 cm³/mol. The van der Waals surface area contributed by atoms with Crippen molar-refractivity contribution in [3.63, 3.8) is 0 Å². The average molecular weight is 326 g/mol. The molecule has 0 fully saturated rings. The van der Waals surface area contributed by atoms with E-state index in [1.807, 2.05) is 18.2 Å².